The molecule has 0 spiro atoms. The summed E-state index contributed by atoms with van der Waals surface area (Å²) in [5, 5.41) is 6.54. The van der Waals surface area contributed by atoms with Crippen LogP contribution < -0.4 is 5.32 Å². The maximum absolute atomic E-state index is 5.00. The first-order valence-corrected chi connectivity index (χ1v) is 6.96. The lowest BCUT2D eigenvalue weighted by Gasteiger charge is -2.19. The van der Waals surface area contributed by atoms with Gasteiger partial charge in [-0.05, 0) is 12.8 Å². The number of rotatable bonds is 5. The van der Waals surface area contributed by atoms with E-state index in [1.54, 1.807) is 18.4 Å². The van der Waals surface area contributed by atoms with Gasteiger partial charge in [-0.25, -0.2) is 4.98 Å². The van der Waals surface area contributed by atoms with Crippen LogP contribution in [-0.4, -0.2) is 25.2 Å². The van der Waals surface area contributed by atoms with E-state index in [4.69, 9.17) is 4.74 Å². The van der Waals surface area contributed by atoms with E-state index in [0.29, 0.717) is 5.92 Å². The number of anilines is 1. The minimum absolute atomic E-state index is 0.711. The minimum atomic E-state index is 0.711. The van der Waals surface area contributed by atoms with Crippen molar-refractivity contribution in [3.63, 3.8) is 0 Å². The Morgan fingerprint density at radius 3 is 3.00 bits per heavy atom. The first-order chi connectivity index (χ1) is 7.90. The van der Waals surface area contributed by atoms with Crippen molar-refractivity contribution in [2.24, 2.45) is 0 Å². The lowest BCUT2D eigenvalue weighted by atomic mass is 9.87. The number of aromatic nitrogens is 1. The van der Waals surface area contributed by atoms with Crippen molar-refractivity contribution in [1.82, 2.24) is 4.98 Å². The van der Waals surface area contributed by atoms with E-state index in [1.807, 2.05) is 0 Å². The zero-order valence-corrected chi connectivity index (χ0v) is 10.7. The molecule has 1 aromatic rings. The van der Waals surface area contributed by atoms with Gasteiger partial charge in [0.1, 0.15) is 0 Å². The number of nitrogens with one attached hydrogen (secondary N) is 1. The van der Waals surface area contributed by atoms with Gasteiger partial charge in [-0.15, -0.1) is 11.3 Å². The molecule has 90 valence electrons. The molecule has 0 atom stereocenters. The van der Waals surface area contributed by atoms with E-state index in [-0.39, 0.29) is 0 Å². The van der Waals surface area contributed by atoms with Gasteiger partial charge in [0.2, 0.25) is 0 Å². The predicted molar refractivity (Wildman–Crippen MR) is 68.3 cm³/mol. The minimum Gasteiger partial charge on any atom is -0.383 e. The van der Waals surface area contributed by atoms with Gasteiger partial charge < -0.3 is 10.1 Å². The molecular formula is C12H20N2OS. The Morgan fingerprint density at radius 1 is 1.44 bits per heavy atom. The van der Waals surface area contributed by atoms with Crippen LogP contribution in [-0.2, 0) is 4.74 Å². The van der Waals surface area contributed by atoms with Crippen LogP contribution in [0.5, 0.6) is 0 Å². The molecule has 0 aromatic carbocycles. The quantitative estimate of drug-likeness (QED) is 0.802. The summed E-state index contributed by atoms with van der Waals surface area (Å²) >= 11 is 1.72. The average Bonchev–Trinajstić information content (AvgIpc) is 2.79. The van der Waals surface area contributed by atoms with E-state index in [2.05, 4.69) is 15.7 Å². The van der Waals surface area contributed by atoms with E-state index >= 15 is 0 Å². The Bertz CT molecular complexity index is 308. The number of hydrogen-bond donors (Lipinski definition) is 1. The topological polar surface area (TPSA) is 34.1 Å². The smallest absolute Gasteiger partial charge is 0.182 e. The Hall–Kier alpha value is -0.610. The van der Waals surface area contributed by atoms with Crippen LogP contribution in [0, 0.1) is 0 Å². The summed E-state index contributed by atoms with van der Waals surface area (Å²) in [5.74, 6) is 0.711. The van der Waals surface area contributed by atoms with Gasteiger partial charge >= 0.3 is 0 Å². The second-order valence-corrected chi connectivity index (χ2v) is 5.19. The van der Waals surface area contributed by atoms with Crippen LogP contribution in [0.1, 0.15) is 43.7 Å². The van der Waals surface area contributed by atoms with Gasteiger partial charge in [-0.1, -0.05) is 19.3 Å². The summed E-state index contributed by atoms with van der Waals surface area (Å²) < 4.78 is 5.00. The molecule has 0 unspecified atom stereocenters. The molecule has 4 heteroatoms. The van der Waals surface area contributed by atoms with Crippen molar-refractivity contribution < 1.29 is 4.74 Å². The summed E-state index contributed by atoms with van der Waals surface area (Å²) in [5.41, 5.74) is 1.30. The predicted octanol–water partition coefficient (Wildman–Crippen LogP) is 3.25. The number of methoxy groups -OCH3 is 1. The monoisotopic (exact) mass is 240 g/mol. The largest absolute Gasteiger partial charge is 0.383 e. The second-order valence-electron chi connectivity index (χ2n) is 4.33. The Balaban J connectivity index is 1.85. The summed E-state index contributed by atoms with van der Waals surface area (Å²) in [6, 6.07) is 0. The standard InChI is InChI=1S/C12H20N2OS/c1-15-8-7-13-12-14-11(9-16-12)10-5-3-2-4-6-10/h9-10H,2-8H2,1H3,(H,13,14). The van der Waals surface area contributed by atoms with Gasteiger partial charge in [0.05, 0.1) is 12.3 Å². The number of ether oxygens (including phenoxy) is 1. The molecule has 0 radical (unpaired) electrons. The molecule has 0 saturated heterocycles. The molecule has 0 bridgehead atoms. The molecule has 1 aliphatic rings. The normalized spacial score (nSPS) is 17.6. The highest BCUT2D eigenvalue weighted by atomic mass is 32.1. The van der Waals surface area contributed by atoms with E-state index in [9.17, 15) is 0 Å². The number of hydrogen-bond acceptors (Lipinski definition) is 4. The molecular weight excluding hydrogens is 220 g/mol. The molecule has 1 fully saturated rings. The third-order valence-electron chi connectivity index (χ3n) is 3.13. The van der Waals surface area contributed by atoms with Crippen LogP contribution in [0.3, 0.4) is 0 Å². The maximum atomic E-state index is 5.00. The van der Waals surface area contributed by atoms with E-state index in [0.717, 1.165) is 18.3 Å². The molecule has 1 saturated carbocycles. The van der Waals surface area contributed by atoms with Crippen molar-refractivity contribution in [3.05, 3.63) is 11.1 Å². The SMILES string of the molecule is COCCNc1nc(C2CCCCC2)cs1. The Labute approximate surface area is 101 Å². The van der Waals surface area contributed by atoms with E-state index < -0.39 is 0 Å². The highest BCUT2D eigenvalue weighted by Crippen LogP contribution is 2.33. The summed E-state index contributed by atoms with van der Waals surface area (Å²) in [7, 11) is 1.72. The van der Waals surface area contributed by atoms with Crippen molar-refractivity contribution in [1.29, 1.82) is 0 Å². The van der Waals surface area contributed by atoms with Crippen LogP contribution in [0.2, 0.25) is 0 Å². The third-order valence-corrected chi connectivity index (χ3v) is 3.95. The average molecular weight is 240 g/mol. The Morgan fingerprint density at radius 2 is 2.25 bits per heavy atom. The van der Waals surface area contributed by atoms with Crippen molar-refractivity contribution in [2.75, 3.05) is 25.6 Å². The summed E-state index contributed by atoms with van der Waals surface area (Å²) in [4.78, 5) is 4.66. The second kappa shape index (κ2) is 6.21. The van der Waals surface area contributed by atoms with Gasteiger partial charge in [0.25, 0.3) is 0 Å². The maximum Gasteiger partial charge on any atom is 0.182 e. The fourth-order valence-electron chi connectivity index (χ4n) is 2.21. The lowest BCUT2D eigenvalue weighted by Crippen LogP contribution is -2.08. The first-order valence-electron chi connectivity index (χ1n) is 6.08. The van der Waals surface area contributed by atoms with Crippen LogP contribution in [0.25, 0.3) is 0 Å². The molecule has 3 nitrogen and oxygen atoms in total. The molecule has 16 heavy (non-hydrogen) atoms. The molecule has 1 N–H and O–H groups in total. The summed E-state index contributed by atoms with van der Waals surface area (Å²) in [6.07, 6.45) is 6.78. The van der Waals surface area contributed by atoms with Crippen molar-refractivity contribution >= 4 is 16.5 Å². The fraction of sp³-hybridized carbons (Fsp3) is 0.750. The fourth-order valence-corrected chi connectivity index (χ4v) is 3.03. The van der Waals surface area contributed by atoms with Gasteiger partial charge in [-0.2, -0.15) is 0 Å². The molecule has 2 rings (SSSR count). The first kappa shape index (κ1) is 11.9. The third kappa shape index (κ3) is 3.19. The molecule has 1 heterocycles. The van der Waals surface area contributed by atoms with Gasteiger partial charge in [-0.3, -0.25) is 0 Å². The molecule has 1 aromatic heterocycles. The number of thiazole rings is 1. The van der Waals surface area contributed by atoms with Crippen LogP contribution in [0.15, 0.2) is 5.38 Å². The highest BCUT2D eigenvalue weighted by molar-refractivity contribution is 7.13. The highest BCUT2D eigenvalue weighted by Gasteiger charge is 2.17. The summed E-state index contributed by atoms with van der Waals surface area (Å²) in [6.45, 7) is 1.58. The Kier molecular flexibility index (Phi) is 4.60. The molecule has 0 aliphatic heterocycles. The zero-order valence-electron chi connectivity index (χ0n) is 9.87. The van der Waals surface area contributed by atoms with Crippen molar-refractivity contribution in [3.8, 4) is 0 Å². The van der Waals surface area contributed by atoms with Gasteiger partial charge in [0, 0.05) is 25.0 Å². The van der Waals surface area contributed by atoms with Crippen LogP contribution in [0.4, 0.5) is 5.13 Å². The zero-order chi connectivity index (χ0) is 11.2. The van der Waals surface area contributed by atoms with Gasteiger partial charge in [0.15, 0.2) is 5.13 Å². The molecule has 0 amide bonds. The van der Waals surface area contributed by atoms with Crippen molar-refractivity contribution in [2.45, 2.75) is 38.0 Å². The molecule has 1 aliphatic carbocycles. The van der Waals surface area contributed by atoms with Crippen LogP contribution >= 0.6 is 11.3 Å². The lowest BCUT2D eigenvalue weighted by molar-refractivity contribution is 0.211. The number of nitrogens with zero attached hydrogens (tertiary/aromatic N) is 1. The van der Waals surface area contributed by atoms with E-state index in [1.165, 1.54) is 37.8 Å².